The average molecular weight is 393 g/mol. The maximum Gasteiger partial charge on any atom is 0.243 e. The highest BCUT2D eigenvalue weighted by molar-refractivity contribution is 5.88. The normalized spacial score (nSPS) is 15.5. The molecule has 0 aromatic heterocycles. The lowest BCUT2D eigenvalue weighted by atomic mass is 9.95. The number of benzene rings is 2. The van der Waals surface area contributed by atoms with Crippen molar-refractivity contribution in [2.24, 2.45) is 0 Å². The van der Waals surface area contributed by atoms with E-state index in [1.807, 2.05) is 67.6 Å². The van der Waals surface area contributed by atoms with Gasteiger partial charge in [-0.3, -0.25) is 9.59 Å². The molecule has 1 fully saturated rings. The van der Waals surface area contributed by atoms with Crippen molar-refractivity contribution in [3.05, 3.63) is 71.8 Å². The third-order valence-corrected chi connectivity index (χ3v) is 5.73. The Bertz CT molecular complexity index is 770. The highest BCUT2D eigenvalue weighted by Crippen LogP contribution is 2.19. The van der Waals surface area contributed by atoms with Gasteiger partial charge in [-0.1, -0.05) is 86.8 Å². The van der Waals surface area contributed by atoms with Crippen molar-refractivity contribution in [3.63, 3.8) is 0 Å². The Morgan fingerprint density at radius 1 is 0.931 bits per heavy atom. The minimum Gasteiger partial charge on any atom is -0.352 e. The Hall–Kier alpha value is -2.62. The van der Waals surface area contributed by atoms with Gasteiger partial charge in [-0.05, 0) is 30.4 Å². The minimum atomic E-state index is -0.451. The molecule has 4 heteroatoms. The second kappa shape index (κ2) is 10.8. The van der Waals surface area contributed by atoms with Gasteiger partial charge in [0.15, 0.2) is 0 Å². The Kier molecular flexibility index (Phi) is 7.85. The van der Waals surface area contributed by atoms with Crippen molar-refractivity contribution in [1.29, 1.82) is 0 Å². The minimum absolute atomic E-state index is 0.00861. The largest absolute Gasteiger partial charge is 0.352 e. The first-order valence-corrected chi connectivity index (χ1v) is 10.8. The van der Waals surface area contributed by atoms with Gasteiger partial charge in [0, 0.05) is 12.6 Å². The van der Waals surface area contributed by atoms with E-state index < -0.39 is 6.04 Å². The predicted molar refractivity (Wildman–Crippen MR) is 116 cm³/mol. The van der Waals surface area contributed by atoms with Crippen LogP contribution in [0, 0.1) is 0 Å². The van der Waals surface area contributed by atoms with Crippen molar-refractivity contribution in [2.45, 2.75) is 70.5 Å². The summed E-state index contributed by atoms with van der Waals surface area (Å²) in [5, 5.41) is 3.22. The predicted octanol–water partition coefficient (Wildman–Crippen LogP) is 4.49. The van der Waals surface area contributed by atoms with E-state index in [-0.39, 0.29) is 17.9 Å². The Morgan fingerprint density at radius 3 is 2.10 bits per heavy atom. The van der Waals surface area contributed by atoms with Gasteiger partial charge in [-0.2, -0.15) is 0 Å². The van der Waals surface area contributed by atoms with E-state index in [9.17, 15) is 9.59 Å². The summed E-state index contributed by atoms with van der Waals surface area (Å²) in [6.07, 6.45) is 6.58. The fourth-order valence-corrected chi connectivity index (χ4v) is 4.12. The zero-order valence-electron chi connectivity index (χ0n) is 17.3. The van der Waals surface area contributed by atoms with Crippen LogP contribution in [0.15, 0.2) is 60.7 Å². The molecule has 4 nitrogen and oxygen atoms in total. The van der Waals surface area contributed by atoms with Crippen LogP contribution in [-0.2, 0) is 22.6 Å². The van der Waals surface area contributed by atoms with Crippen LogP contribution in [0.1, 0.15) is 56.6 Å². The highest BCUT2D eigenvalue weighted by Gasteiger charge is 2.30. The van der Waals surface area contributed by atoms with Crippen LogP contribution >= 0.6 is 0 Å². The van der Waals surface area contributed by atoms with Gasteiger partial charge in [-0.25, -0.2) is 0 Å². The standard InChI is InChI=1S/C25H32N2O2/c1-2-23(25(29)26-22-16-10-5-11-17-22)27(19-21-14-8-4-9-15-21)24(28)18-20-12-6-3-7-13-20/h3-4,6-9,12-15,22-23H,2,5,10-11,16-19H2,1H3,(H,26,29)/t23-/m1/s1. The second-order valence-corrected chi connectivity index (χ2v) is 7.94. The molecular weight excluding hydrogens is 360 g/mol. The summed E-state index contributed by atoms with van der Waals surface area (Å²) < 4.78 is 0. The van der Waals surface area contributed by atoms with E-state index >= 15 is 0 Å². The van der Waals surface area contributed by atoms with E-state index in [2.05, 4.69) is 5.32 Å². The van der Waals surface area contributed by atoms with Crippen LogP contribution in [0.2, 0.25) is 0 Å². The molecule has 3 rings (SSSR count). The summed E-state index contributed by atoms with van der Waals surface area (Å²) in [6, 6.07) is 19.5. The Balaban J connectivity index is 1.77. The first-order chi connectivity index (χ1) is 14.2. The van der Waals surface area contributed by atoms with Crippen molar-refractivity contribution in [3.8, 4) is 0 Å². The summed E-state index contributed by atoms with van der Waals surface area (Å²) in [4.78, 5) is 28.2. The molecule has 0 radical (unpaired) electrons. The molecule has 2 aromatic carbocycles. The summed E-state index contributed by atoms with van der Waals surface area (Å²) in [5.74, 6) is -0.0255. The molecule has 2 aromatic rings. The van der Waals surface area contributed by atoms with Crippen molar-refractivity contribution >= 4 is 11.8 Å². The highest BCUT2D eigenvalue weighted by atomic mass is 16.2. The number of nitrogens with one attached hydrogen (secondary N) is 1. The third kappa shape index (κ3) is 6.18. The van der Waals surface area contributed by atoms with Gasteiger partial charge in [0.25, 0.3) is 0 Å². The molecule has 1 N–H and O–H groups in total. The molecule has 0 unspecified atom stereocenters. The third-order valence-electron chi connectivity index (χ3n) is 5.73. The van der Waals surface area contributed by atoms with Gasteiger partial charge in [0.1, 0.15) is 6.04 Å². The number of amides is 2. The maximum atomic E-state index is 13.3. The fraction of sp³-hybridized carbons (Fsp3) is 0.440. The van der Waals surface area contributed by atoms with Gasteiger partial charge >= 0.3 is 0 Å². The zero-order chi connectivity index (χ0) is 20.5. The first kappa shape index (κ1) is 21.1. The van der Waals surface area contributed by atoms with E-state index in [0.29, 0.717) is 19.4 Å². The molecule has 0 saturated heterocycles. The van der Waals surface area contributed by atoms with Crippen molar-refractivity contribution in [1.82, 2.24) is 10.2 Å². The average Bonchev–Trinajstić information content (AvgIpc) is 2.75. The number of carbonyl (C=O) groups excluding carboxylic acids is 2. The van der Waals surface area contributed by atoms with Crippen LogP contribution in [0.3, 0.4) is 0 Å². The van der Waals surface area contributed by atoms with Crippen LogP contribution in [0.5, 0.6) is 0 Å². The number of nitrogens with zero attached hydrogens (tertiary/aromatic N) is 1. The van der Waals surface area contributed by atoms with Gasteiger partial charge < -0.3 is 10.2 Å². The molecule has 0 spiro atoms. The lowest BCUT2D eigenvalue weighted by Gasteiger charge is -2.33. The molecule has 154 valence electrons. The maximum absolute atomic E-state index is 13.3. The molecular formula is C25H32N2O2. The SMILES string of the molecule is CC[C@H](C(=O)NC1CCCCC1)N(Cc1ccccc1)C(=O)Cc1ccccc1. The lowest BCUT2D eigenvalue weighted by molar-refractivity contribution is -0.141. The topological polar surface area (TPSA) is 49.4 Å². The number of rotatable bonds is 8. The smallest absolute Gasteiger partial charge is 0.243 e. The second-order valence-electron chi connectivity index (χ2n) is 7.94. The molecule has 2 amide bonds. The van der Waals surface area contributed by atoms with Crippen molar-refractivity contribution in [2.75, 3.05) is 0 Å². The van der Waals surface area contributed by atoms with Crippen molar-refractivity contribution < 1.29 is 9.59 Å². The zero-order valence-corrected chi connectivity index (χ0v) is 17.3. The molecule has 1 aliphatic carbocycles. The van der Waals surface area contributed by atoms with E-state index in [4.69, 9.17) is 0 Å². The Morgan fingerprint density at radius 2 is 1.52 bits per heavy atom. The van der Waals surface area contributed by atoms with Gasteiger partial charge in [0.2, 0.25) is 11.8 Å². The van der Waals surface area contributed by atoms with Crippen LogP contribution in [-0.4, -0.2) is 28.8 Å². The van der Waals surface area contributed by atoms with Crippen LogP contribution < -0.4 is 5.32 Å². The number of hydrogen-bond acceptors (Lipinski definition) is 2. The first-order valence-electron chi connectivity index (χ1n) is 10.8. The molecule has 0 bridgehead atoms. The Labute approximate surface area is 174 Å². The fourth-order valence-electron chi connectivity index (χ4n) is 4.12. The summed E-state index contributed by atoms with van der Waals surface area (Å²) in [6.45, 7) is 2.43. The van der Waals surface area contributed by atoms with Gasteiger partial charge in [0.05, 0.1) is 6.42 Å². The van der Waals surface area contributed by atoms with Gasteiger partial charge in [-0.15, -0.1) is 0 Å². The monoisotopic (exact) mass is 392 g/mol. The van der Waals surface area contributed by atoms with E-state index in [0.717, 1.165) is 24.0 Å². The van der Waals surface area contributed by atoms with Crippen LogP contribution in [0.4, 0.5) is 0 Å². The molecule has 29 heavy (non-hydrogen) atoms. The molecule has 0 heterocycles. The molecule has 1 saturated carbocycles. The van der Waals surface area contributed by atoms with Crippen LogP contribution in [0.25, 0.3) is 0 Å². The lowest BCUT2D eigenvalue weighted by Crippen LogP contribution is -2.51. The molecule has 0 aliphatic heterocycles. The number of carbonyl (C=O) groups is 2. The summed E-state index contributed by atoms with van der Waals surface area (Å²) >= 11 is 0. The van der Waals surface area contributed by atoms with E-state index in [1.54, 1.807) is 4.90 Å². The van der Waals surface area contributed by atoms with E-state index in [1.165, 1.54) is 19.3 Å². The molecule has 1 aliphatic rings. The summed E-state index contributed by atoms with van der Waals surface area (Å²) in [5.41, 5.74) is 2.01. The quantitative estimate of drug-likeness (QED) is 0.720. The summed E-state index contributed by atoms with van der Waals surface area (Å²) in [7, 11) is 0. The number of hydrogen-bond donors (Lipinski definition) is 1. The molecule has 1 atom stereocenters.